The van der Waals surface area contributed by atoms with Gasteiger partial charge in [0.15, 0.2) is 5.78 Å². The average molecular weight is 900 g/mol. The van der Waals surface area contributed by atoms with Gasteiger partial charge in [-0.2, -0.15) is 0 Å². The third-order valence-corrected chi connectivity index (χ3v) is 14.2. The number of amides is 1. The van der Waals surface area contributed by atoms with Crippen LogP contribution in [0.4, 0.5) is 0 Å². The number of piperidine rings is 1. The fraction of sp³-hybridized carbons (Fsp3) is 0.740. The maximum Gasteiger partial charge on any atom is 0.329 e. The van der Waals surface area contributed by atoms with Crippen LogP contribution < -0.4 is 0 Å². The minimum Gasteiger partial charge on any atom is -0.460 e. The van der Waals surface area contributed by atoms with Gasteiger partial charge in [-0.05, 0) is 107 Å². The fourth-order valence-corrected chi connectivity index (χ4v) is 9.89. The van der Waals surface area contributed by atoms with E-state index in [1.54, 1.807) is 41.9 Å². The molecule has 4 rings (SSSR count). The Morgan fingerprint density at radius 3 is 2.25 bits per heavy atom. The molecule has 4 N–H and O–H groups in total. The highest BCUT2D eigenvalue weighted by Gasteiger charge is 2.53. The third kappa shape index (κ3) is 13.8. The highest BCUT2D eigenvalue weighted by molar-refractivity contribution is 6.39. The van der Waals surface area contributed by atoms with Crippen molar-refractivity contribution in [2.24, 2.45) is 35.5 Å². The van der Waals surface area contributed by atoms with Gasteiger partial charge in [0.05, 0.1) is 24.4 Å². The Hall–Kier alpha value is -3.37. The summed E-state index contributed by atoms with van der Waals surface area (Å²) in [4.78, 5) is 71.2. The number of hydrogen-bond donors (Lipinski definition) is 4. The molecule has 2 bridgehead atoms. The number of nitrogens with zero attached hydrogens (tertiary/aromatic N) is 1. The van der Waals surface area contributed by atoms with Gasteiger partial charge in [0.1, 0.15) is 30.1 Å². The van der Waals surface area contributed by atoms with Gasteiger partial charge < -0.3 is 44.3 Å². The fourth-order valence-electron chi connectivity index (χ4n) is 9.89. The molecule has 1 saturated carbocycles. The van der Waals surface area contributed by atoms with Crippen molar-refractivity contribution in [3.63, 3.8) is 0 Å². The Bertz CT molecular complexity index is 1740. The number of aliphatic hydroxyl groups is 4. The second-order valence-corrected chi connectivity index (χ2v) is 19.4. The van der Waals surface area contributed by atoms with Crippen molar-refractivity contribution in [2.45, 2.75) is 180 Å². The molecule has 14 nitrogen and oxygen atoms in total. The van der Waals surface area contributed by atoms with Crippen LogP contribution in [0.3, 0.4) is 0 Å². The van der Waals surface area contributed by atoms with Crippen molar-refractivity contribution < 1.29 is 63.3 Å². The van der Waals surface area contributed by atoms with Gasteiger partial charge in [-0.3, -0.25) is 19.2 Å². The Labute approximate surface area is 380 Å². The molecule has 15 atom stereocenters. The van der Waals surface area contributed by atoms with Crippen LogP contribution in [0.15, 0.2) is 47.6 Å². The highest BCUT2D eigenvalue weighted by atomic mass is 16.6. The Morgan fingerprint density at radius 2 is 1.56 bits per heavy atom. The third-order valence-electron chi connectivity index (χ3n) is 14.2. The maximum absolute atomic E-state index is 14.3. The lowest BCUT2D eigenvalue weighted by molar-refractivity contribution is -0.265. The minimum atomic E-state index is -2.44. The first-order valence-corrected chi connectivity index (χ1v) is 23.5. The van der Waals surface area contributed by atoms with Crippen molar-refractivity contribution in [3.8, 4) is 0 Å². The smallest absolute Gasteiger partial charge is 0.329 e. The van der Waals surface area contributed by atoms with E-state index in [-0.39, 0.29) is 54.6 Å². The monoisotopic (exact) mass is 900 g/mol. The van der Waals surface area contributed by atoms with Gasteiger partial charge in [0.2, 0.25) is 5.79 Å². The predicted octanol–water partition coefficient (Wildman–Crippen LogP) is 5.53. The first-order chi connectivity index (χ1) is 30.2. The largest absolute Gasteiger partial charge is 0.460 e. The van der Waals surface area contributed by atoms with Crippen LogP contribution in [-0.4, -0.2) is 130 Å². The number of allylic oxidation sites excluding steroid dienone is 6. The van der Waals surface area contributed by atoms with Crippen molar-refractivity contribution in [1.82, 2.24) is 4.90 Å². The van der Waals surface area contributed by atoms with E-state index < -0.39 is 89.6 Å². The number of Topliss-reactive ketones (excluding diaryl/α,β-unsaturated/α-hetero) is 3. The number of carbonyl (C=O) groups excluding carboxylic acids is 5. The molecule has 4 aliphatic rings. The molecule has 0 radical (unpaired) electrons. The van der Waals surface area contributed by atoms with Crippen LogP contribution in [0.5, 0.6) is 0 Å². The highest BCUT2D eigenvalue weighted by Crippen LogP contribution is 2.38. The number of aliphatic hydroxyl groups excluding tert-OH is 3. The van der Waals surface area contributed by atoms with Crippen LogP contribution in [0.2, 0.25) is 0 Å². The molecular weight excluding hydrogens is 823 g/mol. The molecule has 0 spiro atoms. The normalized spacial score (nSPS) is 39.5. The molecule has 2 saturated heterocycles. The zero-order chi connectivity index (χ0) is 47.5. The minimum absolute atomic E-state index is 0.0365. The van der Waals surface area contributed by atoms with Gasteiger partial charge in [0, 0.05) is 51.4 Å². The summed E-state index contributed by atoms with van der Waals surface area (Å²) in [6.07, 6.45) is 9.84. The molecule has 0 aromatic rings. The van der Waals surface area contributed by atoms with Gasteiger partial charge in [-0.25, -0.2) is 4.79 Å². The van der Waals surface area contributed by atoms with E-state index in [4.69, 9.17) is 18.9 Å². The second-order valence-electron chi connectivity index (χ2n) is 19.4. The molecule has 360 valence electrons. The van der Waals surface area contributed by atoms with Crippen LogP contribution in [-0.2, 0) is 42.9 Å². The molecule has 8 unspecified atom stereocenters. The number of cyclic esters (lactones) is 1. The van der Waals surface area contributed by atoms with Crippen molar-refractivity contribution in [1.29, 1.82) is 0 Å². The Balaban J connectivity index is 1.69. The van der Waals surface area contributed by atoms with Crippen LogP contribution in [0.25, 0.3) is 0 Å². The number of methoxy groups -OCH3 is 2. The molecule has 1 amide bonds. The summed E-state index contributed by atoms with van der Waals surface area (Å²) in [6.45, 7) is 12.4. The molecule has 3 aliphatic heterocycles. The summed E-state index contributed by atoms with van der Waals surface area (Å²) < 4.78 is 23.7. The molecule has 1 aliphatic carbocycles. The zero-order valence-electron chi connectivity index (χ0n) is 39.6. The van der Waals surface area contributed by atoms with Crippen LogP contribution in [0, 0.1) is 35.5 Å². The molecule has 64 heavy (non-hydrogen) atoms. The standard InChI is InChI=1S/C50H77NO13/c1-29-15-11-10-12-16-30(2)41(61-8)27-37-20-18-35(7)50(60,64-37)47(57)48(58)51-22-14-13-17-38(51)49(59)63-42(32(4)25-36-19-21-39(52)43(26-36)62-9)28-40(53)31(3)24-34(6)45(55)46(56)44(54)33(5)23-29/h10-12,15-16,24,29,31-33,35-39,41-43,45-46,52,55-56,60H,13-14,17-23,25-28H2,1-9H3/b12-10?,15-11+,30-16?,34-24+/t29-,31-,32-,33-,35-,36?,37?,38?,39?,41?,42?,43-,45?,46+,50?/m1/s1. The molecule has 0 aromatic heterocycles. The summed E-state index contributed by atoms with van der Waals surface area (Å²) in [5.41, 5.74) is 1.11. The molecule has 0 aromatic carbocycles. The van der Waals surface area contributed by atoms with E-state index in [0.717, 1.165) is 5.57 Å². The van der Waals surface area contributed by atoms with E-state index in [1.165, 1.54) is 11.0 Å². The first kappa shape index (κ1) is 53.2. The number of hydrogen-bond acceptors (Lipinski definition) is 13. The van der Waals surface area contributed by atoms with Gasteiger partial charge in [-0.15, -0.1) is 0 Å². The lowest BCUT2D eigenvalue weighted by Crippen LogP contribution is -2.61. The lowest BCUT2D eigenvalue weighted by atomic mass is 9.78. The van der Waals surface area contributed by atoms with E-state index >= 15 is 0 Å². The van der Waals surface area contributed by atoms with Gasteiger partial charge in [0.25, 0.3) is 11.7 Å². The maximum atomic E-state index is 14.3. The number of esters is 1. The summed E-state index contributed by atoms with van der Waals surface area (Å²) in [5.74, 6) is -8.59. The Kier molecular flexibility index (Phi) is 20.3. The van der Waals surface area contributed by atoms with E-state index in [1.807, 2.05) is 51.2 Å². The van der Waals surface area contributed by atoms with E-state index in [0.29, 0.717) is 64.2 Å². The summed E-state index contributed by atoms with van der Waals surface area (Å²) in [5, 5.41) is 44.5. The molecule has 14 heteroatoms. The van der Waals surface area contributed by atoms with Crippen LogP contribution in [0.1, 0.15) is 126 Å². The lowest BCUT2D eigenvalue weighted by Gasteiger charge is -2.42. The zero-order valence-corrected chi connectivity index (χ0v) is 39.6. The molecular formula is C50H77NO13. The van der Waals surface area contributed by atoms with Crippen molar-refractivity contribution in [3.05, 3.63) is 47.6 Å². The van der Waals surface area contributed by atoms with Crippen LogP contribution >= 0.6 is 0 Å². The first-order valence-electron chi connectivity index (χ1n) is 23.5. The van der Waals surface area contributed by atoms with E-state index in [2.05, 4.69) is 0 Å². The quantitative estimate of drug-likeness (QED) is 0.153. The summed E-state index contributed by atoms with van der Waals surface area (Å²) in [6, 6.07) is -1.15. The number of ether oxygens (including phenoxy) is 4. The molecule has 3 heterocycles. The average Bonchev–Trinajstić information content (AvgIpc) is 3.27. The predicted molar refractivity (Wildman–Crippen MR) is 240 cm³/mol. The Morgan fingerprint density at radius 1 is 0.844 bits per heavy atom. The summed E-state index contributed by atoms with van der Waals surface area (Å²) in [7, 11) is 3.12. The number of rotatable bonds is 5. The van der Waals surface area contributed by atoms with Crippen molar-refractivity contribution >= 4 is 29.2 Å². The van der Waals surface area contributed by atoms with E-state index in [9.17, 15) is 44.4 Å². The second kappa shape index (κ2) is 24.4. The van der Waals surface area contributed by atoms with Crippen molar-refractivity contribution in [2.75, 3.05) is 20.8 Å². The number of carbonyl (C=O) groups is 5. The number of ketones is 3. The number of fused-ring (bicyclic) bond motifs is 3. The van der Waals surface area contributed by atoms with Gasteiger partial charge in [-0.1, -0.05) is 71.1 Å². The molecule has 3 fully saturated rings. The van der Waals surface area contributed by atoms with Gasteiger partial charge >= 0.3 is 5.97 Å². The SMILES string of the molecule is COC1CC2CC[C@@H](C)C(O)(O2)C(=O)C(=O)N2CCCCC2C(=O)OC([C@H](C)CC2CCC(O)[C@H](OC)C2)CC(=O)[C@H](C)/C=C(\C)C(O)[C@@H](O)C(=O)[C@H](C)C[C@H](C)/C=C/C=CC=C1C. The topological polar surface area (TPSA) is 206 Å². The summed E-state index contributed by atoms with van der Waals surface area (Å²) >= 11 is 0.